The normalized spacial score (nSPS) is 10.3. The van der Waals surface area contributed by atoms with Crippen molar-refractivity contribution in [1.82, 2.24) is 29.9 Å². The number of hydrogen-bond acceptors (Lipinski definition) is 10. The number of carbonyl (C=O) groups is 1. The van der Waals surface area contributed by atoms with E-state index >= 15 is 0 Å². The van der Waals surface area contributed by atoms with Crippen molar-refractivity contribution in [2.75, 3.05) is 17.7 Å². The van der Waals surface area contributed by atoms with E-state index in [-0.39, 0.29) is 23.2 Å². The highest BCUT2D eigenvalue weighted by Crippen LogP contribution is 2.37. The van der Waals surface area contributed by atoms with Crippen LogP contribution >= 0.6 is 0 Å². The number of carboxylic acid groups (broad SMARTS) is 1. The van der Waals surface area contributed by atoms with Gasteiger partial charge in [-0.15, -0.1) is 10.2 Å². The van der Waals surface area contributed by atoms with Crippen LogP contribution in [0.3, 0.4) is 0 Å². The van der Waals surface area contributed by atoms with Crippen LogP contribution in [0.25, 0.3) is 11.5 Å². The van der Waals surface area contributed by atoms with E-state index in [2.05, 4.69) is 35.9 Å². The molecule has 0 aliphatic rings. The number of benzene rings is 1. The minimum atomic E-state index is -1.17. The summed E-state index contributed by atoms with van der Waals surface area (Å²) in [7, 11) is 3.31. The number of ether oxygens (including phenoxy) is 1. The van der Waals surface area contributed by atoms with Crippen LogP contribution in [0.15, 0.2) is 41.2 Å². The molecule has 0 saturated heterocycles. The molecule has 0 saturated carbocycles. The molecule has 1 aromatic carbocycles. The average molecular weight is 467 g/mol. The van der Waals surface area contributed by atoms with Gasteiger partial charge in [-0.2, -0.15) is 10.1 Å². The van der Waals surface area contributed by atoms with Crippen molar-refractivity contribution in [1.29, 1.82) is 0 Å². The van der Waals surface area contributed by atoms with Gasteiger partial charge in [0.25, 0.3) is 5.89 Å². The smallest absolute Gasteiger partial charge is 0.341 e. The quantitative estimate of drug-likeness (QED) is 0.348. The minimum Gasteiger partial charge on any atom is -0.494 e. The number of aryl methyl sites for hydroxylation is 2. The van der Waals surface area contributed by atoms with Gasteiger partial charge in [0.1, 0.15) is 5.56 Å². The largest absolute Gasteiger partial charge is 0.494 e. The molecule has 0 amide bonds. The molecule has 34 heavy (non-hydrogen) atoms. The van der Waals surface area contributed by atoms with Crippen molar-refractivity contribution < 1.29 is 19.1 Å². The number of hydrogen-bond donors (Lipinski definition) is 3. The molecule has 0 unspecified atom stereocenters. The Morgan fingerprint density at radius 1 is 1.24 bits per heavy atom. The van der Waals surface area contributed by atoms with Crippen molar-refractivity contribution in [2.24, 2.45) is 7.05 Å². The molecular weight excluding hydrogens is 440 g/mol. The molecule has 0 radical (unpaired) electrons. The summed E-state index contributed by atoms with van der Waals surface area (Å²) in [6, 6.07) is 5.24. The molecule has 0 atom stereocenters. The summed E-state index contributed by atoms with van der Waals surface area (Å²) in [5, 5.41) is 27.7. The summed E-state index contributed by atoms with van der Waals surface area (Å²) in [4.78, 5) is 20.2. The van der Waals surface area contributed by atoms with Crippen LogP contribution in [0.5, 0.6) is 5.75 Å². The van der Waals surface area contributed by atoms with Gasteiger partial charge in [-0.25, -0.2) is 9.78 Å². The topological polar surface area (TPSA) is 153 Å². The van der Waals surface area contributed by atoms with Gasteiger partial charge in [0.15, 0.2) is 11.6 Å². The Hall–Kier alpha value is -4.48. The van der Waals surface area contributed by atoms with Gasteiger partial charge in [0, 0.05) is 38.5 Å². The predicted octanol–water partition coefficient (Wildman–Crippen LogP) is 3.66. The Labute approximate surface area is 196 Å². The lowest BCUT2D eigenvalue weighted by atomic mass is 10.1. The summed E-state index contributed by atoms with van der Waals surface area (Å²) in [5.74, 6) is 0.268. The Balaban J connectivity index is 0.00000158. The summed E-state index contributed by atoms with van der Waals surface area (Å²) in [6.07, 6.45) is 4.81. The Bertz CT molecular complexity index is 1270. The van der Waals surface area contributed by atoms with Crippen molar-refractivity contribution in [3.63, 3.8) is 0 Å². The van der Waals surface area contributed by atoms with Gasteiger partial charge >= 0.3 is 5.97 Å². The number of anilines is 3. The Morgan fingerprint density at radius 3 is 2.65 bits per heavy atom. The van der Waals surface area contributed by atoms with Gasteiger partial charge < -0.3 is 24.9 Å². The zero-order chi connectivity index (χ0) is 24.7. The van der Waals surface area contributed by atoms with Crippen LogP contribution in [0, 0.1) is 6.92 Å². The fraction of sp³-hybridized carbons (Fsp3) is 0.273. The third-order valence-electron chi connectivity index (χ3n) is 4.46. The predicted molar refractivity (Wildman–Crippen MR) is 125 cm³/mol. The van der Waals surface area contributed by atoms with Crippen molar-refractivity contribution in [3.8, 4) is 17.2 Å². The van der Waals surface area contributed by atoms with Crippen LogP contribution in [0.4, 0.5) is 17.5 Å². The van der Waals surface area contributed by atoms with E-state index in [0.717, 1.165) is 5.56 Å². The zero-order valence-corrected chi connectivity index (χ0v) is 19.5. The van der Waals surface area contributed by atoms with Gasteiger partial charge in [-0.05, 0) is 12.1 Å². The summed E-state index contributed by atoms with van der Waals surface area (Å²) in [6.45, 7) is 6.11. The number of aromatic carboxylic acids is 1. The molecule has 12 nitrogen and oxygen atoms in total. The minimum absolute atomic E-state index is 0.0957. The fourth-order valence-electron chi connectivity index (χ4n) is 3.02. The number of nitrogens with zero attached hydrogens (tertiary/aromatic N) is 6. The van der Waals surface area contributed by atoms with Crippen LogP contribution in [-0.4, -0.2) is 48.1 Å². The number of rotatable bonds is 8. The lowest BCUT2D eigenvalue weighted by Gasteiger charge is -2.15. The van der Waals surface area contributed by atoms with E-state index in [0.29, 0.717) is 29.4 Å². The number of aromatic nitrogens is 6. The number of methoxy groups -OCH3 is 1. The molecule has 12 heteroatoms. The lowest BCUT2D eigenvalue weighted by Crippen LogP contribution is -2.10. The number of para-hydroxylation sites is 1. The maximum absolute atomic E-state index is 11.7. The van der Waals surface area contributed by atoms with E-state index in [1.807, 2.05) is 27.1 Å². The molecule has 178 valence electrons. The monoisotopic (exact) mass is 466 g/mol. The number of nitrogens with one attached hydrogen (secondary N) is 2. The van der Waals surface area contributed by atoms with E-state index in [1.165, 1.54) is 13.3 Å². The molecule has 0 fully saturated rings. The van der Waals surface area contributed by atoms with E-state index < -0.39 is 5.97 Å². The zero-order valence-electron chi connectivity index (χ0n) is 19.5. The van der Waals surface area contributed by atoms with Crippen LogP contribution in [0.1, 0.15) is 35.7 Å². The SMILES string of the molecule is CC.COc1c(Nc2nc(NCc3cnn(C)c3)ncc2C(=O)O)cccc1-c1nnc(C)o1. The summed E-state index contributed by atoms with van der Waals surface area (Å²) >= 11 is 0. The standard InChI is InChI=1S/C20H20N8O4.C2H6/c1-11-26-27-18(32-11)13-5-4-6-15(16(13)31-3)24-17-14(19(29)30)9-22-20(25-17)21-7-12-8-23-28(2)10-12;1-2/h4-6,8-10H,7H2,1-3H3,(H,29,30)(H2,21,22,24,25);1-2H3. The van der Waals surface area contributed by atoms with Gasteiger partial charge in [0.2, 0.25) is 11.8 Å². The van der Waals surface area contributed by atoms with Crippen LogP contribution in [-0.2, 0) is 13.6 Å². The van der Waals surface area contributed by atoms with Crippen molar-refractivity contribution in [2.45, 2.75) is 27.3 Å². The number of carboxylic acids is 1. The molecule has 0 bridgehead atoms. The first-order valence-electron chi connectivity index (χ1n) is 10.5. The molecule has 4 rings (SSSR count). The molecule has 0 aliphatic heterocycles. The highest BCUT2D eigenvalue weighted by Gasteiger charge is 2.19. The van der Waals surface area contributed by atoms with Crippen LogP contribution in [0.2, 0.25) is 0 Å². The lowest BCUT2D eigenvalue weighted by molar-refractivity contribution is 0.0697. The first-order valence-corrected chi connectivity index (χ1v) is 10.5. The molecule has 0 aliphatic carbocycles. The highest BCUT2D eigenvalue weighted by atomic mass is 16.5. The second kappa shape index (κ2) is 10.9. The van der Waals surface area contributed by atoms with Crippen LogP contribution < -0.4 is 15.4 Å². The maximum Gasteiger partial charge on any atom is 0.341 e. The highest BCUT2D eigenvalue weighted by molar-refractivity contribution is 5.94. The molecule has 3 N–H and O–H groups in total. The first kappa shape index (κ1) is 24.2. The molecule has 0 spiro atoms. The van der Waals surface area contributed by atoms with Gasteiger partial charge in [-0.3, -0.25) is 4.68 Å². The third-order valence-corrected chi connectivity index (χ3v) is 4.46. The maximum atomic E-state index is 11.7. The first-order chi connectivity index (χ1) is 16.4. The van der Waals surface area contributed by atoms with Crippen molar-refractivity contribution in [3.05, 3.63) is 53.8 Å². The summed E-state index contributed by atoms with van der Waals surface area (Å²) in [5.41, 5.74) is 1.86. The summed E-state index contributed by atoms with van der Waals surface area (Å²) < 4.78 is 12.7. The average Bonchev–Trinajstić information content (AvgIpc) is 3.46. The second-order valence-corrected chi connectivity index (χ2v) is 6.77. The van der Waals surface area contributed by atoms with E-state index in [1.54, 1.807) is 36.0 Å². The van der Waals surface area contributed by atoms with Crippen molar-refractivity contribution >= 4 is 23.4 Å². The molecule has 3 aromatic heterocycles. The molecule has 4 aromatic rings. The Morgan fingerprint density at radius 2 is 2.03 bits per heavy atom. The van der Waals surface area contributed by atoms with E-state index in [9.17, 15) is 9.90 Å². The van der Waals surface area contributed by atoms with Gasteiger partial charge in [-0.1, -0.05) is 19.9 Å². The Kier molecular flexibility index (Phi) is 7.75. The van der Waals surface area contributed by atoms with E-state index in [4.69, 9.17) is 9.15 Å². The second-order valence-electron chi connectivity index (χ2n) is 6.77. The molecule has 3 heterocycles. The molecular formula is C22H26N8O4. The third kappa shape index (κ3) is 5.46. The fourth-order valence-corrected chi connectivity index (χ4v) is 3.02. The van der Waals surface area contributed by atoms with Gasteiger partial charge in [0.05, 0.1) is 24.6 Å².